The summed E-state index contributed by atoms with van der Waals surface area (Å²) < 4.78 is 37.0. The number of nitrogens with two attached hydrogens (primary N) is 1. The van der Waals surface area contributed by atoms with Crippen LogP contribution < -0.4 is 11.1 Å². The second-order valence-corrected chi connectivity index (χ2v) is 4.31. The van der Waals surface area contributed by atoms with Crippen molar-refractivity contribution in [2.75, 3.05) is 5.32 Å². The van der Waals surface area contributed by atoms with Crippen LogP contribution in [-0.2, 0) is 11.0 Å². The van der Waals surface area contributed by atoms with E-state index in [1.165, 1.54) is 12.1 Å². The molecule has 0 fully saturated rings. The first-order valence-corrected chi connectivity index (χ1v) is 6.08. The Morgan fingerprint density at radius 1 is 1.32 bits per heavy atom. The van der Waals surface area contributed by atoms with Crippen LogP contribution in [0.25, 0.3) is 0 Å². The second-order valence-electron chi connectivity index (χ2n) is 4.31. The highest BCUT2D eigenvalue weighted by molar-refractivity contribution is 5.94. The maximum Gasteiger partial charge on any atom is 0.416 e. The lowest BCUT2D eigenvalue weighted by Crippen LogP contribution is -2.35. The van der Waals surface area contributed by atoms with Crippen LogP contribution in [0, 0.1) is 0 Å². The molecule has 1 aromatic carbocycles. The number of benzene rings is 1. The highest BCUT2D eigenvalue weighted by atomic mass is 19.4. The normalized spacial score (nSPS) is 13.1. The predicted octanol–water partition coefficient (Wildman–Crippen LogP) is 3.16. The Morgan fingerprint density at radius 2 is 1.89 bits per heavy atom. The van der Waals surface area contributed by atoms with Crippen LogP contribution >= 0.6 is 0 Å². The molecule has 0 bridgehead atoms. The number of hydrogen-bond donors (Lipinski definition) is 2. The summed E-state index contributed by atoms with van der Waals surface area (Å²) in [5.74, 6) is -0.381. The van der Waals surface area contributed by atoms with Gasteiger partial charge in [-0.15, -0.1) is 0 Å². The lowest BCUT2D eigenvalue weighted by molar-refractivity contribution is -0.137. The van der Waals surface area contributed by atoms with Gasteiger partial charge in [-0.1, -0.05) is 19.8 Å². The topological polar surface area (TPSA) is 55.1 Å². The first-order valence-electron chi connectivity index (χ1n) is 6.08. The Hall–Kier alpha value is -1.56. The second kappa shape index (κ2) is 6.56. The largest absolute Gasteiger partial charge is 0.416 e. The minimum absolute atomic E-state index is 0.310. The van der Waals surface area contributed by atoms with Crippen molar-refractivity contribution < 1.29 is 18.0 Å². The number of hydrogen-bond acceptors (Lipinski definition) is 2. The molecular formula is C13H17F3N2O. The predicted molar refractivity (Wildman–Crippen MR) is 67.6 cm³/mol. The molecule has 19 heavy (non-hydrogen) atoms. The zero-order valence-corrected chi connectivity index (χ0v) is 10.6. The van der Waals surface area contributed by atoms with Gasteiger partial charge in [0.1, 0.15) is 0 Å². The van der Waals surface area contributed by atoms with Crippen LogP contribution in [0.1, 0.15) is 31.7 Å². The van der Waals surface area contributed by atoms with Gasteiger partial charge >= 0.3 is 6.18 Å². The third-order valence-corrected chi connectivity index (χ3v) is 2.69. The van der Waals surface area contributed by atoms with E-state index in [9.17, 15) is 18.0 Å². The van der Waals surface area contributed by atoms with E-state index in [1.807, 2.05) is 6.92 Å². The van der Waals surface area contributed by atoms with Crippen LogP contribution in [0.2, 0.25) is 0 Å². The van der Waals surface area contributed by atoms with E-state index < -0.39 is 17.8 Å². The molecule has 6 heteroatoms. The van der Waals surface area contributed by atoms with E-state index in [0.29, 0.717) is 12.1 Å². The first kappa shape index (κ1) is 15.5. The molecule has 0 heterocycles. The average molecular weight is 274 g/mol. The Balaban J connectivity index is 2.60. The molecule has 1 aromatic rings. The molecule has 3 N–H and O–H groups in total. The molecule has 0 radical (unpaired) electrons. The fraction of sp³-hybridized carbons (Fsp3) is 0.462. The summed E-state index contributed by atoms with van der Waals surface area (Å²) in [6.07, 6.45) is -2.05. The van der Waals surface area contributed by atoms with Crippen molar-refractivity contribution in [2.24, 2.45) is 5.73 Å². The molecule has 1 rings (SSSR count). The molecule has 0 aliphatic rings. The fourth-order valence-corrected chi connectivity index (χ4v) is 1.53. The monoisotopic (exact) mass is 274 g/mol. The van der Waals surface area contributed by atoms with Crippen molar-refractivity contribution in [3.63, 3.8) is 0 Å². The number of nitrogens with one attached hydrogen (secondary N) is 1. The molecule has 0 aliphatic heterocycles. The number of amides is 1. The van der Waals surface area contributed by atoms with Gasteiger partial charge in [0.15, 0.2) is 0 Å². The SMILES string of the molecule is CCCCC(N)C(=O)Nc1ccc(C(F)(F)F)cc1. The van der Waals surface area contributed by atoms with E-state index in [-0.39, 0.29) is 5.91 Å². The van der Waals surface area contributed by atoms with Crippen LogP contribution in [0.5, 0.6) is 0 Å². The zero-order valence-electron chi connectivity index (χ0n) is 10.6. The van der Waals surface area contributed by atoms with Crippen LogP contribution in [0.4, 0.5) is 18.9 Å². The van der Waals surface area contributed by atoms with Gasteiger partial charge in [-0.25, -0.2) is 0 Å². The third kappa shape index (κ3) is 4.90. The number of unbranched alkanes of at least 4 members (excludes halogenated alkanes) is 1. The molecule has 1 atom stereocenters. The first-order chi connectivity index (χ1) is 8.84. The molecule has 0 spiro atoms. The van der Waals surface area contributed by atoms with Crippen molar-refractivity contribution in [3.8, 4) is 0 Å². The van der Waals surface area contributed by atoms with Gasteiger partial charge in [-0.3, -0.25) is 4.79 Å². The number of halogens is 3. The average Bonchev–Trinajstić information content (AvgIpc) is 2.35. The van der Waals surface area contributed by atoms with Crippen molar-refractivity contribution in [3.05, 3.63) is 29.8 Å². The van der Waals surface area contributed by atoms with Gasteiger partial charge < -0.3 is 11.1 Å². The Bertz CT molecular complexity index is 415. The Kier molecular flexibility index (Phi) is 5.35. The summed E-state index contributed by atoms with van der Waals surface area (Å²) in [7, 11) is 0. The fourth-order valence-electron chi connectivity index (χ4n) is 1.53. The molecule has 0 saturated heterocycles. The van der Waals surface area contributed by atoms with Gasteiger partial charge in [0.2, 0.25) is 5.91 Å². The molecule has 1 amide bonds. The summed E-state index contributed by atoms with van der Waals surface area (Å²) in [5, 5.41) is 2.50. The summed E-state index contributed by atoms with van der Waals surface area (Å²) >= 11 is 0. The van der Waals surface area contributed by atoms with E-state index >= 15 is 0 Å². The maximum atomic E-state index is 12.3. The van der Waals surface area contributed by atoms with Crippen molar-refractivity contribution in [1.82, 2.24) is 0 Å². The van der Waals surface area contributed by atoms with Gasteiger partial charge in [-0.2, -0.15) is 13.2 Å². The summed E-state index contributed by atoms with van der Waals surface area (Å²) in [6.45, 7) is 1.99. The standard InChI is InChI=1S/C13H17F3N2O/c1-2-3-4-11(17)12(19)18-10-7-5-9(6-8-10)13(14,15)16/h5-8,11H,2-4,17H2,1H3,(H,18,19). The van der Waals surface area contributed by atoms with Crippen molar-refractivity contribution in [2.45, 2.75) is 38.4 Å². The van der Waals surface area contributed by atoms with E-state index in [0.717, 1.165) is 25.0 Å². The lowest BCUT2D eigenvalue weighted by Gasteiger charge is -2.12. The molecule has 1 unspecified atom stereocenters. The number of carbonyl (C=O) groups is 1. The maximum absolute atomic E-state index is 12.3. The molecule has 3 nitrogen and oxygen atoms in total. The zero-order chi connectivity index (χ0) is 14.5. The summed E-state index contributed by atoms with van der Waals surface area (Å²) in [5.41, 5.74) is 5.22. The molecule has 0 aromatic heterocycles. The van der Waals surface area contributed by atoms with E-state index in [4.69, 9.17) is 5.73 Å². The number of rotatable bonds is 5. The lowest BCUT2D eigenvalue weighted by atomic mass is 10.1. The molecule has 0 saturated carbocycles. The summed E-state index contributed by atoms with van der Waals surface area (Å²) in [4.78, 5) is 11.6. The van der Waals surface area contributed by atoms with Gasteiger partial charge in [0, 0.05) is 5.69 Å². The third-order valence-electron chi connectivity index (χ3n) is 2.69. The highest BCUT2D eigenvalue weighted by Crippen LogP contribution is 2.29. The van der Waals surface area contributed by atoms with Crippen molar-refractivity contribution in [1.29, 1.82) is 0 Å². The number of anilines is 1. The molecule has 106 valence electrons. The Morgan fingerprint density at radius 3 is 2.37 bits per heavy atom. The summed E-state index contributed by atoms with van der Waals surface area (Å²) in [6, 6.07) is 3.64. The van der Waals surface area contributed by atoms with Crippen molar-refractivity contribution >= 4 is 11.6 Å². The Labute approximate surface area is 110 Å². The van der Waals surface area contributed by atoms with Crippen LogP contribution in [0.3, 0.4) is 0 Å². The van der Waals surface area contributed by atoms with Crippen LogP contribution in [0.15, 0.2) is 24.3 Å². The van der Waals surface area contributed by atoms with E-state index in [2.05, 4.69) is 5.32 Å². The van der Waals surface area contributed by atoms with Gasteiger partial charge in [0.05, 0.1) is 11.6 Å². The quantitative estimate of drug-likeness (QED) is 0.866. The number of alkyl halides is 3. The number of carbonyl (C=O) groups excluding carboxylic acids is 1. The van der Waals surface area contributed by atoms with Gasteiger partial charge in [0.25, 0.3) is 0 Å². The minimum Gasteiger partial charge on any atom is -0.325 e. The van der Waals surface area contributed by atoms with Crippen LogP contribution in [-0.4, -0.2) is 11.9 Å². The molecular weight excluding hydrogens is 257 g/mol. The minimum atomic E-state index is -4.37. The smallest absolute Gasteiger partial charge is 0.325 e. The highest BCUT2D eigenvalue weighted by Gasteiger charge is 2.30. The van der Waals surface area contributed by atoms with Gasteiger partial charge in [-0.05, 0) is 30.7 Å². The van der Waals surface area contributed by atoms with E-state index in [1.54, 1.807) is 0 Å². The molecule has 0 aliphatic carbocycles.